The van der Waals surface area contributed by atoms with Crippen LogP contribution in [0.3, 0.4) is 0 Å². The van der Waals surface area contributed by atoms with E-state index in [1.807, 2.05) is 60.7 Å². The number of ether oxygens (including phenoxy) is 1. The van der Waals surface area contributed by atoms with Crippen molar-refractivity contribution < 1.29 is 18.3 Å². The SMILES string of the molecule is CC(CC1(C)COC1POc1ccccc1)OPOc1ccccc1. The summed E-state index contributed by atoms with van der Waals surface area (Å²) in [4.78, 5) is 0. The maximum Gasteiger partial charge on any atom is 0.215 e. The topological polar surface area (TPSA) is 36.9 Å². The molecule has 1 aliphatic rings. The Labute approximate surface area is 153 Å². The number of rotatable bonds is 9. The molecule has 1 fully saturated rings. The van der Waals surface area contributed by atoms with Crippen molar-refractivity contribution in [3.05, 3.63) is 60.7 Å². The first kappa shape index (κ1) is 18.6. The molecule has 3 rings (SSSR count). The third-order valence-corrected chi connectivity index (χ3v) is 6.39. The Kier molecular flexibility index (Phi) is 6.67. The molecule has 25 heavy (non-hydrogen) atoms. The molecule has 0 aliphatic carbocycles. The van der Waals surface area contributed by atoms with Crippen LogP contribution in [0.5, 0.6) is 11.5 Å². The Morgan fingerprint density at radius 2 is 1.64 bits per heavy atom. The van der Waals surface area contributed by atoms with Crippen LogP contribution in [-0.2, 0) is 9.26 Å². The van der Waals surface area contributed by atoms with E-state index in [0.717, 1.165) is 24.5 Å². The summed E-state index contributed by atoms with van der Waals surface area (Å²) in [5, 5.41) is 0. The Balaban J connectivity index is 1.40. The molecule has 0 N–H and O–H groups in total. The molecule has 134 valence electrons. The summed E-state index contributed by atoms with van der Waals surface area (Å²) in [6.45, 7) is 5.08. The van der Waals surface area contributed by atoms with Crippen LogP contribution in [0.2, 0.25) is 0 Å². The summed E-state index contributed by atoms with van der Waals surface area (Å²) < 4.78 is 23.1. The van der Waals surface area contributed by atoms with E-state index in [-0.39, 0.29) is 26.4 Å². The Hall–Kier alpha value is -1.18. The molecule has 1 heterocycles. The highest BCUT2D eigenvalue weighted by molar-refractivity contribution is 7.33. The van der Waals surface area contributed by atoms with Crippen molar-refractivity contribution in [2.75, 3.05) is 6.61 Å². The third kappa shape index (κ3) is 5.39. The molecular formula is C19H24O4P2. The molecule has 2 aromatic rings. The zero-order chi connectivity index (χ0) is 17.5. The van der Waals surface area contributed by atoms with Crippen molar-refractivity contribution in [2.24, 2.45) is 5.41 Å². The normalized spacial score (nSPS) is 24.5. The molecule has 0 spiro atoms. The molecule has 4 nitrogen and oxygen atoms in total. The van der Waals surface area contributed by atoms with Gasteiger partial charge < -0.3 is 18.3 Å². The number of hydrogen-bond acceptors (Lipinski definition) is 4. The Morgan fingerprint density at radius 1 is 1.04 bits per heavy atom. The molecule has 0 bridgehead atoms. The molecule has 0 aromatic heterocycles. The van der Waals surface area contributed by atoms with Gasteiger partial charge in [0, 0.05) is 5.41 Å². The van der Waals surface area contributed by atoms with Crippen molar-refractivity contribution in [1.82, 2.24) is 0 Å². The smallest absolute Gasteiger partial charge is 0.215 e. The fraction of sp³-hybridized carbons (Fsp3) is 0.368. The van der Waals surface area contributed by atoms with Gasteiger partial charge in [-0.25, -0.2) is 0 Å². The Morgan fingerprint density at radius 3 is 2.20 bits per heavy atom. The lowest BCUT2D eigenvalue weighted by Crippen LogP contribution is -2.49. The number of hydrogen-bond donors (Lipinski definition) is 0. The van der Waals surface area contributed by atoms with Gasteiger partial charge in [-0.2, -0.15) is 0 Å². The minimum atomic E-state index is 0.00222. The first-order valence-corrected chi connectivity index (χ1v) is 10.2. The molecule has 6 heteroatoms. The molecule has 5 atom stereocenters. The van der Waals surface area contributed by atoms with Gasteiger partial charge in [0.1, 0.15) is 26.2 Å². The Bertz CT molecular complexity index is 640. The maximum atomic E-state index is 5.86. The van der Waals surface area contributed by atoms with Gasteiger partial charge in [0.15, 0.2) is 0 Å². The van der Waals surface area contributed by atoms with E-state index >= 15 is 0 Å². The van der Waals surface area contributed by atoms with Gasteiger partial charge in [0.05, 0.1) is 12.7 Å². The first-order valence-electron chi connectivity index (χ1n) is 8.37. The van der Waals surface area contributed by atoms with E-state index in [1.165, 1.54) is 0 Å². The molecular weight excluding hydrogens is 354 g/mol. The van der Waals surface area contributed by atoms with E-state index < -0.39 is 0 Å². The van der Waals surface area contributed by atoms with Gasteiger partial charge in [0.2, 0.25) is 9.03 Å². The summed E-state index contributed by atoms with van der Waals surface area (Å²) in [5.74, 6) is 1.85. The van der Waals surface area contributed by atoms with Crippen LogP contribution in [-0.4, -0.2) is 18.6 Å². The number of benzene rings is 2. The minimum Gasteiger partial charge on any atom is -0.475 e. The van der Waals surface area contributed by atoms with Crippen LogP contribution in [0.15, 0.2) is 60.7 Å². The van der Waals surface area contributed by atoms with E-state index in [2.05, 4.69) is 13.8 Å². The van der Waals surface area contributed by atoms with Crippen molar-refractivity contribution >= 4 is 17.8 Å². The molecule has 1 aliphatic heterocycles. The fourth-order valence-corrected chi connectivity index (χ4v) is 4.29. The highest BCUT2D eigenvalue weighted by Gasteiger charge is 2.46. The van der Waals surface area contributed by atoms with Crippen LogP contribution in [0, 0.1) is 5.41 Å². The second-order valence-electron chi connectivity index (χ2n) is 6.51. The van der Waals surface area contributed by atoms with Gasteiger partial charge in [-0.15, -0.1) is 0 Å². The molecule has 5 unspecified atom stereocenters. The summed E-state index contributed by atoms with van der Waals surface area (Å²) >= 11 is 0. The van der Waals surface area contributed by atoms with Gasteiger partial charge in [-0.05, 0) is 37.6 Å². The monoisotopic (exact) mass is 378 g/mol. The average Bonchev–Trinajstić information content (AvgIpc) is 2.63. The zero-order valence-corrected chi connectivity index (χ0v) is 16.5. The van der Waals surface area contributed by atoms with Crippen molar-refractivity contribution in [2.45, 2.75) is 32.2 Å². The van der Waals surface area contributed by atoms with Gasteiger partial charge >= 0.3 is 0 Å². The predicted molar refractivity (Wildman–Crippen MR) is 104 cm³/mol. The van der Waals surface area contributed by atoms with Gasteiger partial charge in [-0.1, -0.05) is 43.3 Å². The van der Waals surface area contributed by atoms with Crippen LogP contribution in [0.4, 0.5) is 0 Å². The highest BCUT2D eigenvalue weighted by atomic mass is 31.1. The average molecular weight is 378 g/mol. The largest absolute Gasteiger partial charge is 0.475 e. The molecule has 1 saturated heterocycles. The van der Waals surface area contributed by atoms with Crippen molar-refractivity contribution in [3.63, 3.8) is 0 Å². The molecule has 0 saturated carbocycles. The summed E-state index contributed by atoms with van der Waals surface area (Å²) in [6.07, 6.45) is 1.04. The van der Waals surface area contributed by atoms with E-state index in [0.29, 0.717) is 8.81 Å². The van der Waals surface area contributed by atoms with Crippen LogP contribution >= 0.6 is 17.8 Å². The molecule has 2 aromatic carbocycles. The molecule has 0 amide bonds. The second-order valence-corrected chi connectivity index (χ2v) is 8.08. The fourth-order valence-electron chi connectivity index (χ4n) is 2.74. The number of para-hydroxylation sites is 2. The van der Waals surface area contributed by atoms with Gasteiger partial charge in [-0.3, -0.25) is 0 Å². The van der Waals surface area contributed by atoms with E-state index in [1.54, 1.807) is 0 Å². The standard InChI is InChI=1S/C19H24O4P2/c1-15(21-25-23-17-11-7-4-8-12-17)13-19(2)14-20-18(19)24-22-16-9-5-3-6-10-16/h3-12,15,18,24-25H,13-14H2,1-2H3. The van der Waals surface area contributed by atoms with Crippen LogP contribution < -0.4 is 9.05 Å². The summed E-state index contributed by atoms with van der Waals surface area (Å²) in [7, 11) is 0.297. The summed E-state index contributed by atoms with van der Waals surface area (Å²) in [6, 6.07) is 19.6. The highest BCUT2D eigenvalue weighted by Crippen LogP contribution is 2.48. The minimum absolute atomic E-state index is 0.00222. The first-order chi connectivity index (χ1) is 12.2. The third-order valence-electron chi connectivity index (χ3n) is 4.15. The van der Waals surface area contributed by atoms with Crippen LogP contribution in [0.1, 0.15) is 20.3 Å². The quantitative estimate of drug-likeness (QED) is 0.547. The van der Waals surface area contributed by atoms with Gasteiger partial charge in [0.25, 0.3) is 0 Å². The van der Waals surface area contributed by atoms with Crippen molar-refractivity contribution in [1.29, 1.82) is 0 Å². The maximum absolute atomic E-state index is 5.86. The lowest BCUT2D eigenvalue weighted by Gasteiger charge is -2.47. The van der Waals surface area contributed by atoms with E-state index in [9.17, 15) is 0 Å². The predicted octanol–water partition coefficient (Wildman–Crippen LogP) is 5.40. The molecule has 0 radical (unpaired) electrons. The summed E-state index contributed by atoms with van der Waals surface area (Å²) in [5.41, 5.74) is 0.0872. The van der Waals surface area contributed by atoms with Crippen LogP contribution in [0.25, 0.3) is 0 Å². The van der Waals surface area contributed by atoms with Crippen molar-refractivity contribution in [3.8, 4) is 11.5 Å². The zero-order valence-electron chi connectivity index (χ0n) is 14.5. The van der Waals surface area contributed by atoms with E-state index in [4.69, 9.17) is 18.3 Å². The second kappa shape index (κ2) is 8.96. The lowest BCUT2D eigenvalue weighted by atomic mass is 9.82. The lowest BCUT2D eigenvalue weighted by molar-refractivity contribution is -0.144.